The Kier molecular flexibility index (Phi) is 6.67. The summed E-state index contributed by atoms with van der Waals surface area (Å²) >= 11 is 9.24. The third-order valence-electron chi connectivity index (χ3n) is 4.81. The normalized spacial score (nSPS) is 15.3. The van der Waals surface area contributed by atoms with E-state index in [1.165, 1.54) is 15.6 Å². The van der Waals surface area contributed by atoms with Crippen LogP contribution >= 0.6 is 28.1 Å². The fourth-order valence-corrected chi connectivity index (χ4v) is 3.82. The standard InChI is InChI=1S/C19H26BrN5S/c1-3-25-14-17(15(2)22-25)12-21-19(26)24-10-8-23(9-11-24)13-16-6-4-5-7-18(16)20/h4-7,14H,3,8-13H2,1-2H3,(H,21,26). The number of nitrogens with one attached hydrogen (secondary N) is 1. The molecule has 1 aromatic carbocycles. The van der Waals surface area contributed by atoms with Crippen molar-refractivity contribution < 1.29 is 0 Å². The first-order valence-corrected chi connectivity index (χ1v) is 10.3. The molecule has 3 rings (SSSR count). The van der Waals surface area contributed by atoms with E-state index < -0.39 is 0 Å². The Hall–Kier alpha value is -1.44. The lowest BCUT2D eigenvalue weighted by Gasteiger charge is -2.36. The first-order chi connectivity index (χ1) is 12.6. The third-order valence-corrected chi connectivity index (χ3v) is 5.99. The topological polar surface area (TPSA) is 36.3 Å². The molecule has 0 atom stereocenters. The van der Waals surface area contributed by atoms with Crippen LogP contribution in [0.2, 0.25) is 0 Å². The van der Waals surface area contributed by atoms with Crippen molar-refractivity contribution in [1.29, 1.82) is 0 Å². The summed E-state index contributed by atoms with van der Waals surface area (Å²) in [5.74, 6) is 0. The lowest BCUT2D eigenvalue weighted by atomic mass is 10.2. The van der Waals surface area contributed by atoms with Crippen LogP contribution in [0, 0.1) is 6.92 Å². The van der Waals surface area contributed by atoms with E-state index in [1.807, 2.05) is 11.6 Å². The van der Waals surface area contributed by atoms with E-state index in [4.69, 9.17) is 12.2 Å². The minimum atomic E-state index is 0.738. The monoisotopic (exact) mass is 435 g/mol. The maximum atomic E-state index is 5.60. The van der Waals surface area contributed by atoms with Gasteiger partial charge in [-0.05, 0) is 37.7 Å². The smallest absolute Gasteiger partial charge is 0.169 e. The van der Waals surface area contributed by atoms with Gasteiger partial charge in [0.05, 0.1) is 5.69 Å². The van der Waals surface area contributed by atoms with Crippen molar-refractivity contribution in [2.75, 3.05) is 26.2 Å². The largest absolute Gasteiger partial charge is 0.358 e. The lowest BCUT2D eigenvalue weighted by molar-refractivity contribution is 0.174. The van der Waals surface area contributed by atoms with Gasteiger partial charge in [0, 0.05) is 62.0 Å². The highest BCUT2D eigenvalue weighted by Crippen LogP contribution is 2.18. The third kappa shape index (κ3) is 4.84. The number of hydrogen-bond acceptors (Lipinski definition) is 3. The molecule has 0 unspecified atom stereocenters. The molecule has 0 radical (unpaired) electrons. The summed E-state index contributed by atoms with van der Waals surface area (Å²) in [4.78, 5) is 4.75. The molecule has 1 saturated heterocycles. The van der Waals surface area contributed by atoms with E-state index in [9.17, 15) is 0 Å². The number of nitrogens with zero attached hydrogens (tertiary/aromatic N) is 4. The van der Waals surface area contributed by atoms with Gasteiger partial charge in [0.25, 0.3) is 0 Å². The van der Waals surface area contributed by atoms with Crippen LogP contribution in [0.3, 0.4) is 0 Å². The molecular formula is C19H26BrN5S. The molecule has 1 aromatic heterocycles. The van der Waals surface area contributed by atoms with Gasteiger partial charge in [-0.2, -0.15) is 5.10 Å². The van der Waals surface area contributed by atoms with Crippen molar-refractivity contribution in [3.8, 4) is 0 Å². The Balaban J connectivity index is 1.46. The van der Waals surface area contributed by atoms with Gasteiger partial charge in [-0.3, -0.25) is 9.58 Å². The van der Waals surface area contributed by atoms with Crippen LogP contribution in [-0.4, -0.2) is 50.9 Å². The van der Waals surface area contributed by atoms with E-state index in [-0.39, 0.29) is 0 Å². The molecule has 0 bridgehead atoms. The molecule has 5 nitrogen and oxygen atoms in total. The Bertz CT molecular complexity index is 752. The number of rotatable bonds is 5. The first kappa shape index (κ1) is 19.3. The zero-order valence-electron chi connectivity index (χ0n) is 15.4. The zero-order valence-corrected chi connectivity index (χ0v) is 17.8. The van der Waals surface area contributed by atoms with Crippen LogP contribution in [0.4, 0.5) is 0 Å². The van der Waals surface area contributed by atoms with Gasteiger partial charge in [-0.25, -0.2) is 0 Å². The number of piperazine rings is 1. The van der Waals surface area contributed by atoms with Crippen molar-refractivity contribution in [3.05, 3.63) is 51.8 Å². The second kappa shape index (κ2) is 8.97. The number of hydrogen-bond donors (Lipinski definition) is 1. The van der Waals surface area contributed by atoms with E-state index in [0.29, 0.717) is 0 Å². The predicted octanol–water partition coefficient (Wildman–Crippen LogP) is 3.17. The average molecular weight is 436 g/mol. The molecular weight excluding hydrogens is 410 g/mol. The molecule has 1 N–H and O–H groups in total. The number of benzene rings is 1. The van der Waals surface area contributed by atoms with Crippen LogP contribution in [0.1, 0.15) is 23.7 Å². The van der Waals surface area contributed by atoms with Crippen LogP contribution in [0.5, 0.6) is 0 Å². The summed E-state index contributed by atoms with van der Waals surface area (Å²) in [6.07, 6.45) is 2.10. The molecule has 1 aliphatic rings. The van der Waals surface area contributed by atoms with E-state index in [2.05, 4.69) is 73.5 Å². The van der Waals surface area contributed by atoms with Gasteiger partial charge in [0.15, 0.2) is 5.11 Å². The molecule has 7 heteroatoms. The minimum Gasteiger partial charge on any atom is -0.358 e. The molecule has 1 aliphatic heterocycles. The number of aromatic nitrogens is 2. The van der Waals surface area contributed by atoms with Crippen molar-refractivity contribution in [1.82, 2.24) is 24.9 Å². The summed E-state index contributed by atoms with van der Waals surface area (Å²) < 4.78 is 3.15. The minimum absolute atomic E-state index is 0.738. The fraction of sp³-hybridized carbons (Fsp3) is 0.474. The second-order valence-corrected chi connectivity index (χ2v) is 7.85. The van der Waals surface area contributed by atoms with Gasteiger partial charge in [0.2, 0.25) is 0 Å². The van der Waals surface area contributed by atoms with E-state index in [0.717, 1.165) is 56.6 Å². The highest BCUT2D eigenvalue weighted by molar-refractivity contribution is 9.10. The van der Waals surface area contributed by atoms with Gasteiger partial charge < -0.3 is 10.2 Å². The van der Waals surface area contributed by atoms with Crippen LogP contribution < -0.4 is 5.32 Å². The second-order valence-electron chi connectivity index (χ2n) is 6.61. The molecule has 2 aromatic rings. The molecule has 2 heterocycles. The molecule has 0 saturated carbocycles. The molecule has 0 spiro atoms. The number of halogens is 1. The molecule has 0 aliphatic carbocycles. The highest BCUT2D eigenvalue weighted by atomic mass is 79.9. The predicted molar refractivity (Wildman–Crippen MR) is 113 cm³/mol. The van der Waals surface area contributed by atoms with Crippen LogP contribution in [0.15, 0.2) is 34.9 Å². The maximum Gasteiger partial charge on any atom is 0.169 e. The summed E-state index contributed by atoms with van der Waals surface area (Å²) in [5.41, 5.74) is 3.62. The molecule has 140 valence electrons. The van der Waals surface area contributed by atoms with Crippen molar-refractivity contribution in [2.24, 2.45) is 0 Å². The summed E-state index contributed by atoms with van der Waals surface area (Å²) in [6, 6.07) is 8.44. The Morgan fingerprint density at radius 3 is 2.58 bits per heavy atom. The Morgan fingerprint density at radius 1 is 1.19 bits per heavy atom. The quantitative estimate of drug-likeness (QED) is 0.729. The summed E-state index contributed by atoms with van der Waals surface area (Å²) in [7, 11) is 0. The molecule has 1 fully saturated rings. The van der Waals surface area contributed by atoms with Crippen molar-refractivity contribution >= 4 is 33.3 Å². The van der Waals surface area contributed by atoms with Crippen molar-refractivity contribution in [3.63, 3.8) is 0 Å². The number of thiocarbonyl (C=S) groups is 1. The fourth-order valence-electron chi connectivity index (χ4n) is 3.15. The van der Waals surface area contributed by atoms with Gasteiger partial charge in [0.1, 0.15) is 0 Å². The highest BCUT2D eigenvalue weighted by Gasteiger charge is 2.19. The van der Waals surface area contributed by atoms with Crippen LogP contribution in [0.25, 0.3) is 0 Å². The summed E-state index contributed by atoms with van der Waals surface area (Å²) in [6.45, 7) is 10.7. The SMILES string of the molecule is CCn1cc(CNC(=S)N2CCN(Cc3ccccc3Br)CC2)c(C)n1. The van der Waals surface area contributed by atoms with E-state index >= 15 is 0 Å². The van der Waals surface area contributed by atoms with Gasteiger partial charge in [-0.1, -0.05) is 34.1 Å². The molecule has 0 amide bonds. The van der Waals surface area contributed by atoms with E-state index in [1.54, 1.807) is 0 Å². The zero-order chi connectivity index (χ0) is 18.5. The van der Waals surface area contributed by atoms with Crippen molar-refractivity contribution in [2.45, 2.75) is 33.5 Å². The van der Waals surface area contributed by atoms with Gasteiger partial charge in [-0.15, -0.1) is 0 Å². The Labute approximate surface area is 169 Å². The average Bonchev–Trinajstić information content (AvgIpc) is 3.02. The molecule has 26 heavy (non-hydrogen) atoms. The Morgan fingerprint density at radius 2 is 1.92 bits per heavy atom. The number of aryl methyl sites for hydroxylation is 2. The summed E-state index contributed by atoms with van der Waals surface area (Å²) in [5, 5.41) is 8.73. The van der Waals surface area contributed by atoms with Gasteiger partial charge >= 0.3 is 0 Å². The first-order valence-electron chi connectivity index (χ1n) is 9.08. The lowest BCUT2D eigenvalue weighted by Crippen LogP contribution is -2.51. The van der Waals surface area contributed by atoms with Crippen LogP contribution in [-0.2, 0) is 19.6 Å². The maximum absolute atomic E-state index is 5.60.